The number of benzene rings is 1. The topological polar surface area (TPSA) is 94.6 Å². The van der Waals surface area contributed by atoms with Crippen LogP contribution >= 0.6 is 0 Å². The van der Waals surface area contributed by atoms with Gasteiger partial charge in [-0.25, -0.2) is 4.79 Å². The van der Waals surface area contributed by atoms with Crippen LogP contribution in [0.15, 0.2) is 48.8 Å². The molecule has 162 valence electrons. The molecule has 2 N–H and O–H groups in total. The van der Waals surface area contributed by atoms with Crippen molar-refractivity contribution in [3.8, 4) is 0 Å². The van der Waals surface area contributed by atoms with E-state index in [9.17, 15) is 14.4 Å². The first-order valence-corrected chi connectivity index (χ1v) is 10.8. The first kappa shape index (κ1) is 20.8. The van der Waals surface area contributed by atoms with E-state index in [2.05, 4.69) is 15.6 Å². The summed E-state index contributed by atoms with van der Waals surface area (Å²) >= 11 is 0. The molecule has 2 aliphatic heterocycles. The van der Waals surface area contributed by atoms with E-state index in [0.29, 0.717) is 30.0 Å². The van der Waals surface area contributed by atoms with Crippen molar-refractivity contribution in [1.82, 2.24) is 14.8 Å². The molecule has 31 heavy (non-hydrogen) atoms. The molecule has 0 spiro atoms. The Hall–Kier alpha value is -3.42. The number of likely N-dealkylation sites (tertiary alicyclic amines) is 2. The monoisotopic (exact) mass is 421 g/mol. The van der Waals surface area contributed by atoms with Crippen LogP contribution in [0.2, 0.25) is 0 Å². The molecule has 2 fully saturated rings. The molecular weight excluding hydrogens is 394 g/mol. The Labute approximate surface area is 181 Å². The van der Waals surface area contributed by atoms with E-state index in [4.69, 9.17) is 0 Å². The zero-order chi connectivity index (χ0) is 21.6. The van der Waals surface area contributed by atoms with Gasteiger partial charge < -0.3 is 20.4 Å². The van der Waals surface area contributed by atoms with Crippen molar-refractivity contribution in [1.29, 1.82) is 0 Å². The van der Waals surface area contributed by atoms with Crippen LogP contribution in [0, 0.1) is 5.92 Å². The highest BCUT2D eigenvalue weighted by atomic mass is 16.2. The third kappa shape index (κ3) is 5.20. The molecule has 2 aromatic rings. The number of anilines is 2. The van der Waals surface area contributed by atoms with E-state index in [-0.39, 0.29) is 23.8 Å². The van der Waals surface area contributed by atoms with Crippen LogP contribution in [0.5, 0.6) is 0 Å². The molecule has 8 nitrogen and oxygen atoms in total. The SMILES string of the molecule is O=C(Nc1cccc(NC(=O)[C@@H]2CCCN(C(=O)N3CCCC3)C2)c1)c1ccncc1. The predicted octanol–water partition coefficient (Wildman–Crippen LogP) is 3.20. The Morgan fingerprint density at radius 1 is 0.871 bits per heavy atom. The molecule has 1 aromatic carbocycles. The van der Waals surface area contributed by atoms with Crippen LogP contribution in [0.4, 0.5) is 16.2 Å². The maximum Gasteiger partial charge on any atom is 0.320 e. The standard InChI is InChI=1S/C23H27N5O3/c29-21(17-8-10-24-11-9-17)25-19-6-3-7-20(15-19)26-22(30)18-5-4-14-28(16-18)23(31)27-12-1-2-13-27/h3,6-11,15,18H,1-2,4-5,12-14,16H2,(H,25,29)(H,26,30)/t18-/m1/s1. The van der Waals surface area contributed by atoms with Crippen molar-refractivity contribution >= 4 is 29.2 Å². The lowest BCUT2D eigenvalue weighted by Crippen LogP contribution is -2.48. The highest BCUT2D eigenvalue weighted by Gasteiger charge is 2.31. The third-order valence-corrected chi connectivity index (χ3v) is 5.77. The normalized spacial score (nSPS) is 18.5. The number of nitrogens with one attached hydrogen (secondary N) is 2. The van der Waals surface area contributed by atoms with E-state index in [1.54, 1.807) is 48.8 Å². The minimum absolute atomic E-state index is 0.0517. The van der Waals surface area contributed by atoms with Crippen molar-refractivity contribution in [2.75, 3.05) is 36.8 Å². The van der Waals surface area contributed by atoms with Crippen molar-refractivity contribution in [2.24, 2.45) is 5.92 Å². The smallest absolute Gasteiger partial charge is 0.320 e. The lowest BCUT2D eigenvalue weighted by Gasteiger charge is -2.34. The van der Waals surface area contributed by atoms with Crippen molar-refractivity contribution < 1.29 is 14.4 Å². The molecule has 0 bridgehead atoms. The summed E-state index contributed by atoms with van der Waals surface area (Å²) in [6, 6.07) is 10.4. The van der Waals surface area contributed by atoms with Gasteiger partial charge in [0.15, 0.2) is 0 Å². The number of rotatable bonds is 4. The van der Waals surface area contributed by atoms with Gasteiger partial charge >= 0.3 is 6.03 Å². The van der Waals surface area contributed by atoms with Crippen LogP contribution in [-0.4, -0.2) is 58.8 Å². The van der Waals surface area contributed by atoms with Gasteiger partial charge in [0.1, 0.15) is 0 Å². The summed E-state index contributed by atoms with van der Waals surface area (Å²) in [6.07, 6.45) is 6.81. The summed E-state index contributed by atoms with van der Waals surface area (Å²) in [5.41, 5.74) is 1.71. The first-order valence-electron chi connectivity index (χ1n) is 10.8. The highest BCUT2D eigenvalue weighted by Crippen LogP contribution is 2.22. The van der Waals surface area contributed by atoms with Crippen LogP contribution < -0.4 is 10.6 Å². The molecule has 2 aliphatic rings. The van der Waals surface area contributed by atoms with Crippen molar-refractivity contribution in [2.45, 2.75) is 25.7 Å². The maximum atomic E-state index is 12.9. The van der Waals surface area contributed by atoms with E-state index < -0.39 is 0 Å². The second kappa shape index (κ2) is 9.59. The summed E-state index contributed by atoms with van der Waals surface area (Å²) in [4.78, 5) is 45.5. The largest absolute Gasteiger partial charge is 0.326 e. The number of urea groups is 1. The number of carbonyl (C=O) groups excluding carboxylic acids is 3. The summed E-state index contributed by atoms with van der Waals surface area (Å²) in [6.45, 7) is 2.77. The van der Waals surface area contributed by atoms with Crippen LogP contribution in [0.3, 0.4) is 0 Å². The number of piperidine rings is 1. The summed E-state index contributed by atoms with van der Waals surface area (Å²) in [7, 11) is 0. The van der Waals surface area contributed by atoms with Gasteiger partial charge in [-0.05, 0) is 56.0 Å². The molecule has 1 atom stereocenters. The van der Waals surface area contributed by atoms with Gasteiger partial charge in [0.25, 0.3) is 5.91 Å². The molecular formula is C23H27N5O3. The zero-order valence-corrected chi connectivity index (χ0v) is 17.4. The van der Waals surface area contributed by atoms with Gasteiger partial charge in [0.2, 0.25) is 5.91 Å². The number of aromatic nitrogens is 1. The number of carbonyl (C=O) groups is 3. The van der Waals surface area contributed by atoms with Gasteiger partial charge in [-0.2, -0.15) is 0 Å². The van der Waals surface area contributed by atoms with E-state index >= 15 is 0 Å². The van der Waals surface area contributed by atoms with E-state index in [1.165, 1.54) is 0 Å². The average molecular weight is 422 g/mol. The Balaban J connectivity index is 1.35. The average Bonchev–Trinajstić information content (AvgIpc) is 3.34. The number of hydrogen-bond donors (Lipinski definition) is 2. The molecule has 0 radical (unpaired) electrons. The van der Waals surface area contributed by atoms with Crippen LogP contribution in [-0.2, 0) is 4.79 Å². The first-order chi connectivity index (χ1) is 15.1. The molecule has 4 amide bonds. The second-order valence-electron chi connectivity index (χ2n) is 8.02. The molecule has 0 saturated carbocycles. The molecule has 3 heterocycles. The van der Waals surface area contributed by atoms with Crippen molar-refractivity contribution in [3.63, 3.8) is 0 Å². The lowest BCUT2D eigenvalue weighted by atomic mass is 9.97. The summed E-state index contributed by atoms with van der Waals surface area (Å²) in [5.74, 6) is -0.582. The minimum atomic E-state index is -0.241. The Morgan fingerprint density at radius 2 is 1.55 bits per heavy atom. The Bertz CT molecular complexity index is 943. The highest BCUT2D eigenvalue weighted by molar-refractivity contribution is 6.04. The molecule has 1 aromatic heterocycles. The zero-order valence-electron chi connectivity index (χ0n) is 17.4. The van der Waals surface area contributed by atoms with Gasteiger partial charge in [-0.15, -0.1) is 0 Å². The Kier molecular flexibility index (Phi) is 6.45. The van der Waals surface area contributed by atoms with Crippen molar-refractivity contribution in [3.05, 3.63) is 54.4 Å². The molecule has 8 heteroatoms. The lowest BCUT2D eigenvalue weighted by molar-refractivity contribution is -0.121. The fraction of sp³-hybridized carbons (Fsp3) is 0.391. The number of pyridine rings is 1. The molecule has 0 aliphatic carbocycles. The van der Waals surface area contributed by atoms with E-state index in [1.807, 2.05) is 9.80 Å². The number of amides is 4. The summed E-state index contributed by atoms with van der Waals surface area (Å²) < 4.78 is 0. The van der Waals surface area contributed by atoms with Gasteiger partial charge in [0, 0.05) is 55.5 Å². The molecule has 2 saturated heterocycles. The molecule has 4 rings (SSSR count). The van der Waals surface area contributed by atoms with E-state index in [0.717, 1.165) is 38.8 Å². The second-order valence-corrected chi connectivity index (χ2v) is 8.02. The summed E-state index contributed by atoms with van der Waals surface area (Å²) in [5, 5.41) is 5.77. The predicted molar refractivity (Wildman–Crippen MR) is 118 cm³/mol. The van der Waals surface area contributed by atoms with Gasteiger partial charge in [-0.1, -0.05) is 6.07 Å². The number of nitrogens with zero attached hydrogens (tertiary/aromatic N) is 3. The maximum absolute atomic E-state index is 12.9. The third-order valence-electron chi connectivity index (χ3n) is 5.77. The van der Waals surface area contributed by atoms with Gasteiger partial charge in [0.05, 0.1) is 5.92 Å². The number of hydrogen-bond acceptors (Lipinski definition) is 4. The Morgan fingerprint density at radius 3 is 2.29 bits per heavy atom. The fourth-order valence-electron chi connectivity index (χ4n) is 4.10. The molecule has 0 unspecified atom stereocenters. The quantitative estimate of drug-likeness (QED) is 0.793. The van der Waals surface area contributed by atoms with Crippen LogP contribution in [0.25, 0.3) is 0 Å². The van der Waals surface area contributed by atoms with Gasteiger partial charge in [-0.3, -0.25) is 14.6 Å². The fourth-order valence-corrected chi connectivity index (χ4v) is 4.10. The minimum Gasteiger partial charge on any atom is -0.326 e. The van der Waals surface area contributed by atoms with Crippen LogP contribution in [0.1, 0.15) is 36.0 Å².